The molecule has 2 aromatic heterocycles. The Morgan fingerprint density at radius 3 is 2.45 bits per heavy atom. The molecule has 33 heavy (non-hydrogen) atoms. The van der Waals surface area contributed by atoms with Crippen LogP contribution in [0.4, 0.5) is 4.39 Å². The second-order valence-electron chi connectivity index (χ2n) is 8.94. The molecule has 5 nitrogen and oxygen atoms in total. The molecule has 4 aromatic rings. The van der Waals surface area contributed by atoms with Crippen LogP contribution in [0.1, 0.15) is 42.3 Å². The number of hydrogen-bond donors (Lipinski definition) is 0. The molecule has 0 N–H and O–H groups in total. The summed E-state index contributed by atoms with van der Waals surface area (Å²) in [5.41, 5.74) is 5.65. The largest absolute Gasteiger partial charge is 0.431 e. The van der Waals surface area contributed by atoms with E-state index in [0.29, 0.717) is 23.4 Å². The van der Waals surface area contributed by atoms with Gasteiger partial charge in [-0.3, -0.25) is 0 Å². The highest BCUT2D eigenvalue weighted by atomic mass is 19.1. The third kappa shape index (κ3) is 3.80. The van der Waals surface area contributed by atoms with E-state index in [0.717, 1.165) is 27.7 Å². The van der Waals surface area contributed by atoms with Gasteiger partial charge < -0.3 is 14.0 Å². The van der Waals surface area contributed by atoms with Gasteiger partial charge in [-0.15, -0.1) is 0 Å². The van der Waals surface area contributed by atoms with Crippen LogP contribution >= 0.6 is 0 Å². The van der Waals surface area contributed by atoms with E-state index in [4.69, 9.17) is 14.5 Å². The van der Waals surface area contributed by atoms with Crippen molar-refractivity contribution in [3.05, 3.63) is 89.0 Å². The van der Waals surface area contributed by atoms with Gasteiger partial charge in [-0.1, -0.05) is 48.0 Å². The minimum atomic E-state index is -1.01. The first kappa shape index (κ1) is 21.3. The number of aromatic nitrogens is 2. The lowest BCUT2D eigenvalue weighted by molar-refractivity contribution is -0.160. The van der Waals surface area contributed by atoms with Gasteiger partial charge in [-0.25, -0.2) is 14.2 Å². The molecule has 1 saturated heterocycles. The zero-order chi connectivity index (χ0) is 23.3. The number of cyclic esters (lactones) is 1. The lowest BCUT2D eigenvalue weighted by Gasteiger charge is -2.20. The van der Waals surface area contributed by atoms with E-state index < -0.39 is 17.9 Å². The van der Waals surface area contributed by atoms with Crippen molar-refractivity contribution >= 4 is 17.0 Å². The average molecular weight is 445 g/mol. The van der Waals surface area contributed by atoms with Crippen molar-refractivity contribution < 1.29 is 18.7 Å². The number of halogens is 1. The molecule has 2 aromatic carbocycles. The number of benzene rings is 2. The molecular weight excluding hydrogens is 419 g/mol. The second-order valence-corrected chi connectivity index (χ2v) is 8.94. The van der Waals surface area contributed by atoms with Crippen molar-refractivity contribution in [2.45, 2.75) is 46.1 Å². The Kier molecular flexibility index (Phi) is 5.05. The number of carbonyl (C=O) groups is 1. The normalized spacial score (nSPS) is 17.5. The van der Waals surface area contributed by atoms with E-state index in [1.807, 2.05) is 61.0 Å². The van der Waals surface area contributed by atoms with Crippen molar-refractivity contribution in [1.82, 2.24) is 9.55 Å². The Morgan fingerprint density at radius 2 is 1.79 bits per heavy atom. The summed E-state index contributed by atoms with van der Waals surface area (Å²) in [5.74, 6) is -1.69. The van der Waals surface area contributed by atoms with Crippen LogP contribution in [0, 0.1) is 19.7 Å². The third-order valence-electron chi connectivity index (χ3n) is 6.00. The third-order valence-corrected chi connectivity index (χ3v) is 6.00. The van der Waals surface area contributed by atoms with Crippen LogP contribution in [0.2, 0.25) is 0 Å². The molecule has 1 atom stereocenters. The van der Waals surface area contributed by atoms with Crippen LogP contribution < -0.4 is 0 Å². The van der Waals surface area contributed by atoms with Crippen LogP contribution in [-0.2, 0) is 20.8 Å². The summed E-state index contributed by atoms with van der Waals surface area (Å²) in [5, 5.41) is 0.872. The van der Waals surface area contributed by atoms with E-state index >= 15 is 0 Å². The van der Waals surface area contributed by atoms with Crippen molar-refractivity contribution in [2.75, 3.05) is 0 Å². The van der Waals surface area contributed by atoms with Gasteiger partial charge in [0.25, 0.3) is 0 Å². The van der Waals surface area contributed by atoms with Crippen molar-refractivity contribution in [3.63, 3.8) is 0 Å². The molecular formula is C27H25FN2O3. The fourth-order valence-corrected chi connectivity index (χ4v) is 4.45. The number of esters is 1. The monoisotopic (exact) mass is 444 g/mol. The first-order valence-corrected chi connectivity index (χ1v) is 10.9. The number of ether oxygens (including phenoxy) is 2. The maximum Gasteiger partial charge on any atom is 0.342 e. The smallest absolute Gasteiger partial charge is 0.342 e. The molecule has 168 valence electrons. The van der Waals surface area contributed by atoms with Gasteiger partial charge >= 0.3 is 5.97 Å². The van der Waals surface area contributed by atoms with E-state index in [1.54, 1.807) is 26.0 Å². The summed E-state index contributed by atoms with van der Waals surface area (Å²) >= 11 is 0. The van der Waals surface area contributed by atoms with Crippen LogP contribution in [0.5, 0.6) is 0 Å². The van der Waals surface area contributed by atoms with Gasteiger partial charge in [0.15, 0.2) is 6.10 Å². The Morgan fingerprint density at radius 1 is 1.06 bits per heavy atom. The summed E-state index contributed by atoms with van der Waals surface area (Å²) in [7, 11) is 0. The molecule has 1 fully saturated rings. The highest BCUT2D eigenvalue weighted by Crippen LogP contribution is 2.43. The first-order chi connectivity index (χ1) is 15.7. The predicted octanol–water partition coefficient (Wildman–Crippen LogP) is 5.86. The number of aryl methyl sites for hydroxylation is 2. The first-order valence-electron chi connectivity index (χ1n) is 10.9. The summed E-state index contributed by atoms with van der Waals surface area (Å²) in [6, 6.07) is 16.8. The van der Waals surface area contributed by atoms with E-state index in [2.05, 4.69) is 0 Å². The zero-order valence-corrected chi connectivity index (χ0v) is 19.1. The second kappa shape index (κ2) is 7.81. The van der Waals surface area contributed by atoms with Gasteiger partial charge in [0, 0.05) is 47.8 Å². The number of pyridine rings is 1. The van der Waals surface area contributed by atoms with Crippen LogP contribution in [-0.4, -0.2) is 21.3 Å². The Hall–Kier alpha value is -3.51. The molecule has 0 aliphatic carbocycles. The predicted molar refractivity (Wildman–Crippen MR) is 124 cm³/mol. The summed E-state index contributed by atoms with van der Waals surface area (Å²) in [6.07, 6.45) is 1.03. The number of carbonyl (C=O) groups excluding carboxylic acids is 1. The SMILES string of the molecule is Cc1ccc(-c2c([C@@H]3OC(C)(C)OC3=O)c(C)nc3c2ccn3Cc2ccccc2F)cc1. The van der Waals surface area contributed by atoms with Gasteiger partial charge in [0.2, 0.25) is 5.79 Å². The van der Waals surface area contributed by atoms with Crippen molar-refractivity contribution in [3.8, 4) is 11.1 Å². The summed E-state index contributed by atoms with van der Waals surface area (Å²) in [4.78, 5) is 17.6. The average Bonchev–Trinajstić information content (AvgIpc) is 3.28. The van der Waals surface area contributed by atoms with E-state index in [-0.39, 0.29) is 5.82 Å². The van der Waals surface area contributed by atoms with Gasteiger partial charge in [0.05, 0.1) is 6.54 Å². The molecule has 0 unspecified atom stereocenters. The molecule has 1 aliphatic rings. The topological polar surface area (TPSA) is 53.4 Å². The maximum atomic E-state index is 14.3. The molecule has 0 bridgehead atoms. The van der Waals surface area contributed by atoms with Crippen molar-refractivity contribution in [2.24, 2.45) is 0 Å². The summed E-state index contributed by atoms with van der Waals surface area (Å²) < 4.78 is 27.7. The molecule has 0 amide bonds. The molecule has 0 saturated carbocycles. The molecule has 5 rings (SSSR count). The van der Waals surface area contributed by atoms with Gasteiger partial charge in [0.1, 0.15) is 11.5 Å². The lowest BCUT2D eigenvalue weighted by atomic mass is 9.92. The molecule has 0 spiro atoms. The Labute approximate surface area is 191 Å². The van der Waals surface area contributed by atoms with Gasteiger partial charge in [-0.05, 0) is 31.5 Å². The van der Waals surface area contributed by atoms with Crippen LogP contribution in [0.3, 0.4) is 0 Å². The Bertz CT molecular complexity index is 1370. The zero-order valence-electron chi connectivity index (χ0n) is 19.1. The minimum Gasteiger partial charge on any atom is -0.431 e. The minimum absolute atomic E-state index is 0.254. The summed E-state index contributed by atoms with van der Waals surface area (Å²) in [6.45, 7) is 7.70. The van der Waals surface area contributed by atoms with Crippen LogP contribution in [0.15, 0.2) is 60.8 Å². The fourth-order valence-electron chi connectivity index (χ4n) is 4.45. The number of nitrogens with zero attached hydrogens (tertiary/aromatic N) is 2. The standard InChI is InChI=1S/C27H25FN2O3/c1-16-9-11-18(12-10-16)23-20-13-14-30(15-19-7-5-6-8-21(19)28)25(20)29-17(2)22(23)24-26(31)33-27(3,4)32-24/h5-14,24H,15H2,1-4H3/t24-/m0/s1. The molecule has 3 heterocycles. The molecule has 6 heteroatoms. The van der Waals surface area contributed by atoms with E-state index in [9.17, 15) is 9.18 Å². The lowest BCUT2D eigenvalue weighted by Crippen LogP contribution is -2.20. The molecule has 1 aliphatic heterocycles. The number of fused-ring (bicyclic) bond motifs is 1. The maximum absolute atomic E-state index is 14.3. The van der Waals surface area contributed by atoms with Gasteiger partial charge in [-0.2, -0.15) is 0 Å². The van der Waals surface area contributed by atoms with Crippen molar-refractivity contribution in [1.29, 1.82) is 0 Å². The Balaban J connectivity index is 1.73. The number of hydrogen-bond acceptors (Lipinski definition) is 4. The van der Waals surface area contributed by atoms with E-state index in [1.165, 1.54) is 6.07 Å². The van der Waals surface area contributed by atoms with Crippen LogP contribution in [0.25, 0.3) is 22.2 Å². The molecule has 0 radical (unpaired) electrons. The highest BCUT2D eigenvalue weighted by molar-refractivity contribution is 5.98. The number of rotatable bonds is 4. The fraction of sp³-hybridized carbons (Fsp3) is 0.259. The highest BCUT2D eigenvalue weighted by Gasteiger charge is 2.44. The quantitative estimate of drug-likeness (QED) is 0.370.